The molecule has 1 aliphatic rings. The Bertz CT molecular complexity index is 1230. The first-order valence-corrected chi connectivity index (χ1v) is 9.71. The van der Waals surface area contributed by atoms with Gasteiger partial charge < -0.3 is 15.0 Å². The van der Waals surface area contributed by atoms with Gasteiger partial charge in [0, 0.05) is 42.0 Å². The van der Waals surface area contributed by atoms with Crippen LogP contribution in [-0.2, 0) is 17.4 Å². The minimum absolute atomic E-state index is 0.224. The van der Waals surface area contributed by atoms with Crippen LogP contribution in [0.1, 0.15) is 31.5 Å². The fourth-order valence-corrected chi connectivity index (χ4v) is 3.45. The summed E-state index contributed by atoms with van der Waals surface area (Å²) in [5, 5.41) is 13.5. The van der Waals surface area contributed by atoms with Crippen LogP contribution < -0.4 is 10.9 Å². The highest BCUT2D eigenvalue weighted by atomic mass is 19.1. The molecule has 1 aliphatic carbocycles. The molecule has 0 saturated heterocycles. The smallest absolute Gasteiger partial charge is 0.258 e. The molecule has 1 fully saturated rings. The van der Waals surface area contributed by atoms with Crippen molar-refractivity contribution in [2.24, 2.45) is 13.0 Å². The van der Waals surface area contributed by atoms with E-state index in [4.69, 9.17) is 0 Å². The summed E-state index contributed by atoms with van der Waals surface area (Å²) in [6, 6.07) is 5.12. The summed E-state index contributed by atoms with van der Waals surface area (Å²) in [6.45, 7) is 5.17. The summed E-state index contributed by atoms with van der Waals surface area (Å²) in [7, 11) is 1.65. The molecule has 3 aromatic heterocycles. The molecule has 156 valence electrons. The number of carbonyl (C=O) groups is 1. The van der Waals surface area contributed by atoms with Crippen LogP contribution in [0, 0.1) is 12.8 Å². The maximum Gasteiger partial charge on any atom is 0.258 e. The molecule has 0 aromatic carbocycles. The summed E-state index contributed by atoms with van der Waals surface area (Å²) in [5.41, 5.74) is 1.78. The lowest BCUT2D eigenvalue weighted by molar-refractivity contribution is -0.117. The van der Waals surface area contributed by atoms with Gasteiger partial charge in [-0.25, -0.2) is 9.37 Å². The number of aryl methyl sites for hydroxylation is 2. The minimum Gasteiger partial charge on any atom is -0.384 e. The van der Waals surface area contributed by atoms with E-state index in [0.717, 1.165) is 5.56 Å². The molecule has 8 heteroatoms. The lowest BCUT2D eigenvalue weighted by atomic mass is 9.98. The number of amides is 1. The van der Waals surface area contributed by atoms with Crippen LogP contribution in [0.5, 0.6) is 0 Å². The van der Waals surface area contributed by atoms with Crippen LogP contribution in [0.15, 0.2) is 35.4 Å². The maximum atomic E-state index is 13.1. The number of hydrogen-bond donors (Lipinski definition) is 2. The van der Waals surface area contributed by atoms with Crippen LogP contribution in [-0.4, -0.2) is 31.7 Å². The second kappa shape index (κ2) is 6.98. The molecule has 0 unspecified atom stereocenters. The van der Waals surface area contributed by atoms with Crippen molar-refractivity contribution in [3.63, 3.8) is 0 Å². The second-order valence-electron chi connectivity index (χ2n) is 8.34. The SMILES string of the molecule is Cc1cc(C(C)(C)O)ncc1-c1cc2cnc(NC(=O)[C@@H]3C[C@H]3F)cc2n(C)c1=O. The molecule has 0 spiro atoms. The molecule has 3 heterocycles. The van der Waals surface area contributed by atoms with E-state index in [9.17, 15) is 19.1 Å². The van der Waals surface area contributed by atoms with Gasteiger partial charge in [-0.2, -0.15) is 0 Å². The topological polar surface area (TPSA) is 97.1 Å². The van der Waals surface area contributed by atoms with Crippen LogP contribution in [0.2, 0.25) is 0 Å². The number of rotatable bonds is 4. The number of alkyl halides is 1. The first-order chi connectivity index (χ1) is 14.1. The molecule has 0 radical (unpaired) electrons. The first-order valence-electron chi connectivity index (χ1n) is 9.71. The molecule has 3 aromatic rings. The summed E-state index contributed by atoms with van der Waals surface area (Å²) >= 11 is 0. The van der Waals surface area contributed by atoms with Gasteiger partial charge in [0.2, 0.25) is 5.91 Å². The fraction of sp³-hybridized carbons (Fsp3) is 0.364. The Morgan fingerprint density at radius 2 is 1.93 bits per heavy atom. The van der Waals surface area contributed by atoms with Gasteiger partial charge in [0.25, 0.3) is 5.56 Å². The van der Waals surface area contributed by atoms with Crippen molar-refractivity contribution in [1.82, 2.24) is 14.5 Å². The Morgan fingerprint density at radius 3 is 2.53 bits per heavy atom. The van der Waals surface area contributed by atoms with Gasteiger partial charge >= 0.3 is 0 Å². The zero-order valence-corrected chi connectivity index (χ0v) is 17.2. The van der Waals surface area contributed by atoms with E-state index >= 15 is 0 Å². The van der Waals surface area contributed by atoms with Gasteiger partial charge in [-0.05, 0) is 44.9 Å². The second-order valence-corrected chi connectivity index (χ2v) is 8.34. The predicted molar refractivity (Wildman–Crippen MR) is 112 cm³/mol. The lowest BCUT2D eigenvalue weighted by Gasteiger charge is -2.18. The van der Waals surface area contributed by atoms with E-state index in [2.05, 4.69) is 15.3 Å². The number of aliphatic hydroxyl groups is 1. The van der Waals surface area contributed by atoms with Crippen molar-refractivity contribution >= 4 is 22.6 Å². The van der Waals surface area contributed by atoms with E-state index in [1.807, 2.05) is 6.92 Å². The number of carbonyl (C=O) groups excluding carboxylic acids is 1. The van der Waals surface area contributed by atoms with Gasteiger partial charge in [-0.15, -0.1) is 0 Å². The normalized spacial score (nSPS) is 18.5. The van der Waals surface area contributed by atoms with Crippen LogP contribution in [0.3, 0.4) is 0 Å². The average Bonchev–Trinajstić information content (AvgIpc) is 3.41. The molecule has 2 atom stereocenters. The van der Waals surface area contributed by atoms with Crippen LogP contribution in [0.4, 0.5) is 10.2 Å². The van der Waals surface area contributed by atoms with E-state index < -0.39 is 23.6 Å². The third-order valence-corrected chi connectivity index (χ3v) is 5.44. The van der Waals surface area contributed by atoms with E-state index in [0.29, 0.717) is 27.7 Å². The quantitative estimate of drug-likeness (QED) is 0.689. The molecule has 2 N–H and O–H groups in total. The molecule has 0 bridgehead atoms. The molecule has 1 saturated carbocycles. The van der Waals surface area contributed by atoms with Gasteiger partial charge in [-0.1, -0.05) is 0 Å². The van der Waals surface area contributed by atoms with E-state index in [1.54, 1.807) is 51.5 Å². The van der Waals surface area contributed by atoms with Crippen molar-refractivity contribution in [3.05, 3.63) is 52.2 Å². The van der Waals surface area contributed by atoms with Crippen molar-refractivity contribution in [2.75, 3.05) is 5.32 Å². The number of nitrogens with one attached hydrogen (secondary N) is 1. The van der Waals surface area contributed by atoms with Gasteiger partial charge in [0.05, 0.1) is 17.1 Å². The summed E-state index contributed by atoms with van der Waals surface area (Å²) < 4.78 is 14.6. The number of anilines is 1. The predicted octanol–water partition coefficient (Wildman–Crippen LogP) is 2.83. The number of aromatic nitrogens is 3. The Labute approximate surface area is 172 Å². The summed E-state index contributed by atoms with van der Waals surface area (Å²) in [4.78, 5) is 33.6. The molecular weight excluding hydrogens is 387 g/mol. The Balaban J connectivity index is 1.74. The van der Waals surface area contributed by atoms with Crippen LogP contribution in [0.25, 0.3) is 22.0 Å². The van der Waals surface area contributed by atoms with Gasteiger partial charge in [0.1, 0.15) is 17.6 Å². The summed E-state index contributed by atoms with van der Waals surface area (Å²) in [5.74, 6) is -0.734. The number of nitrogens with zero attached hydrogens (tertiary/aromatic N) is 3. The molecule has 0 aliphatic heterocycles. The van der Waals surface area contributed by atoms with Crippen molar-refractivity contribution in [1.29, 1.82) is 0 Å². The third-order valence-electron chi connectivity index (χ3n) is 5.44. The van der Waals surface area contributed by atoms with E-state index in [-0.39, 0.29) is 17.8 Å². The molecule has 1 amide bonds. The van der Waals surface area contributed by atoms with Crippen LogP contribution >= 0.6 is 0 Å². The van der Waals surface area contributed by atoms with Crippen molar-refractivity contribution in [3.8, 4) is 11.1 Å². The monoisotopic (exact) mass is 410 g/mol. The standard InChI is InChI=1S/C22H23FN4O3/c1-11-5-18(22(2,3)30)24-10-15(11)13-6-12-9-25-19(8-17(12)27(4)21(13)29)26-20(28)14-7-16(14)23/h5-6,8-10,14,16,30H,7H2,1-4H3,(H,25,26,28)/t14-,16-/m1/s1. The lowest BCUT2D eigenvalue weighted by Crippen LogP contribution is -2.21. The highest BCUT2D eigenvalue weighted by molar-refractivity contribution is 5.95. The summed E-state index contributed by atoms with van der Waals surface area (Å²) in [6.07, 6.45) is 2.32. The number of pyridine rings is 3. The third kappa shape index (κ3) is 3.59. The maximum absolute atomic E-state index is 13.1. The zero-order valence-electron chi connectivity index (χ0n) is 17.2. The van der Waals surface area contributed by atoms with Gasteiger partial charge in [-0.3, -0.25) is 14.6 Å². The Kier molecular flexibility index (Phi) is 4.69. The Hall–Kier alpha value is -3.13. The zero-order chi connectivity index (χ0) is 21.8. The number of halogens is 1. The highest BCUT2D eigenvalue weighted by Crippen LogP contribution is 2.34. The first kappa shape index (κ1) is 20.2. The number of fused-ring (bicyclic) bond motifs is 1. The minimum atomic E-state index is -1.09. The fourth-order valence-electron chi connectivity index (χ4n) is 3.45. The van der Waals surface area contributed by atoms with Gasteiger partial charge in [0.15, 0.2) is 0 Å². The Morgan fingerprint density at radius 1 is 1.23 bits per heavy atom. The highest BCUT2D eigenvalue weighted by Gasteiger charge is 2.43. The largest absolute Gasteiger partial charge is 0.384 e. The molecule has 30 heavy (non-hydrogen) atoms. The van der Waals surface area contributed by atoms with E-state index in [1.165, 1.54) is 4.57 Å². The molecular formula is C22H23FN4O3. The number of hydrogen-bond acceptors (Lipinski definition) is 5. The molecule has 4 rings (SSSR count). The van der Waals surface area contributed by atoms with Crippen molar-refractivity contribution < 1.29 is 14.3 Å². The van der Waals surface area contributed by atoms with Crippen molar-refractivity contribution in [2.45, 2.75) is 39.0 Å². The average molecular weight is 410 g/mol. The molecule has 7 nitrogen and oxygen atoms in total.